The molecule has 0 saturated heterocycles. The van der Waals surface area contributed by atoms with Gasteiger partial charge < -0.3 is 11.1 Å². The van der Waals surface area contributed by atoms with Gasteiger partial charge in [-0.15, -0.1) is 0 Å². The summed E-state index contributed by atoms with van der Waals surface area (Å²) in [5, 5.41) is 9.04. The SMILES string of the molecule is CCc1cccc(NC(=O)c2[nH]ncc2N)c1. The molecule has 1 aromatic heterocycles. The van der Waals surface area contributed by atoms with Crippen molar-refractivity contribution in [3.63, 3.8) is 0 Å². The number of rotatable bonds is 3. The van der Waals surface area contributed by atoms with Crippen LogP contribution in [0.1, 0.15) is 23.0 Å². The maximum Gasteiger partial charge on any atom is 0.275 e. The molecule has 4 N–H and O–H groups in total. The third-order valence-electron chi connectivity index (χ3n) is 2.49. The molecule has 0 atom stereocenters. The third-order valence-corrected chi connectivity index (χ3v) is 2.49. The summed E-state index contributed by atoms with van der Waals surface area (Å²) in [6.07, 6.45) is 2.34. The van der Waals surface area contributed by atoms with E-state index in [4.69, 9.17) is 5.73 Å². The van der Waals surface area contributed by atoms with Crippen LogP contribution in [-0.4, -0.2) is 16.1 Å². The van der Waals surface area contributed by atoms with Crippen molar-refractivity contribution in [3.05, 3.63) is 41.7 Å². The highest BCUT2D eigenvalue weighted by molar-refractivity contribution is 6.06. The van der Waals surface area contributed by atoms with Crippen LogP contribution in [0.25, 0.3) is 0 Å². The Morgan fingerprint density at radius 2 is 2.35 bits per heavy atom. The number of H-pyrrole nitrogens is 1. The summed E-state index contributed by atoms with van der Waals surface area (Å²) in [6.45, 7) is 2.06. The molecule has 0 spiro atoms. The average molecular weight is 230 g/mol. The Morgan fingerprint density at radius 1 is 1.53 bits per heavy atom. The van der Waals surface area contributed by atoms with Crippen LogP contribution in [0.4, 0.5) is 11.4 Å². The Balaban J connectivity index is 2.16. The van der Waals surface area contributed by atoms with Gasteiger partial charge >= 0.3 is 0 Å². The Hall–Kier alpha value is -2.30. The van der Waals surface area contributed by atoms with Crippen molar-refractivity contribution < 1.29 is 4.79 Å². The van der Waals surface area contributed by atoms with Crippen molar-refractivity contribution in [2.24, 2.45) is 0 Å². The van der Waals surface area contributed by atoms with Gasteiger partial charge in [0, 0.05) is 5.69 Å². The van der Waals surface area contributed by atoms with E-state index in [9.17, 15) is 4.79 Å². The molecule has 0 aliphatic carbocycles. The first kappa shape index (κ1) is 11.2. The fourth-order valence-corrected chi connectivity index (χ4v) is 1.54. The monoisotopic (exact) mass is 230 g/mol. The fraction of sp³-hybridized carbons (Fsp3) is 0.167. The Bertz CT molecular complexity index is 533. The zero-order chi connectivity index (χ0) is 12.3. The minimum Gasteiger partial charge on any atom is -0.396 e. The highest BCUT2D eigenvalue weighted by atomic mass is 16.1. The predicted molar refractivity (Wildman–Crippen MR) is 66.8 cm³/mol. The van der Waals surface area contributed by atoms with Crippen molar-refractivity contribution in [1.29, 1.82) is 0 Å². The van der Waals surface area contributed by atoms with E-state index in [-0.39, 0.29) is 11.6 Å². The number of carbonyl (C=O) groups excluding carboxylic acids is 1. The lowest BCUT2D eigenvalue weighted by molar-refractivity contribution is 0.102. The number of carbonyl (C=O) groups is 1. The molecule has 1 heterocycles. The number of benzene rings is 1. The fourth-order valence-electron chi connectivity index (χ4n) is 1.54. The number of nitrogens with two attached hydrogens (primary N) is 1. The highest BCUT2D eigenvalue weighted by Gasteiger charge is 2.11. The van der Waals surface area contributed by atoms with E-state index in [0.29, 0.717) is 5.69 Å². The van der Waals surface area contributed by atoms with E-state index in [1.54, 1.807) is 0 Å². The number of aromatic nitrogens is 2. The molecule has 88 valence electrons. The van der Waals surface area contributed by atoms with Crippen LogP contribution in [0.15, 0.2) is 30.5 Å². The molecular weight excluding hydrogens is 216 g/mol. The lowest BCUT2D eigenvalue weighted by Gasteiger charge is -2.05. The van der Waals surface area contributed by atoms with Crippen LogP contribution in [0.3, 0.4) is 0 Å². The van der Waals surface area contributed by atoms with Gasteiger partial charge in [-0.25, -0.2) is 0 Å². The second kappa shape index (κ2) is 4.69. The summed E-state index contributed by atoms with van der Waals surface area (Å²) < 4.78 is 0. The van der Waals surface area contributed by atoms with Gasteiger partial charge in [-0.1, -0.05) is 19.1 Å². The van der Waals surface area contributed by atoms with Gasteiger partial charge in [0.25, 0.3) is 5.91 Å². The molecule has 0 saturated carbocycles. The van der Waals surface area contributed by atoms with Crippen LogP contribution >= 0.6 is 0 Å². The van der Waals surface area contributed by atoms with E-state index in [0.717, 1.165) is 12.1 Å². The van der Waals surface area contributed by atoms with Crippen molar-refractivity contribution in [2.75, 3.05) is 11.1 Å². The van der Waals surface area contributed by atoms with Gasteiger partial charge in [0.15, 0.2) is 0 Å². The predicted octanol–water partition coefficient (Wildman–Crippen LogP) is 1.81. The van der Waals surface area contributed by atoms with Crippen molar-refractivity contribution >= 4 is 17.3 Å². The summed E-state index contributed by atoms with van der Waals surface area (Å²) >= 11 is 0. The molecule has 1 aromatic carbocycles. The first-order valence-corrected chi connectivity index (χ1v) is 5.40. The number of nitrogens with zero attached hydrogens (tertiary/aromatic N) is 1. The van der Waals surface area contributed by atoms with E-state index in [2.05, 4.69) is 22.4 Å². The number of hydrogen-bond donors (Lipinski definition) is 3. The normalized spacial score (nSPS) is 10.2. The molecule has 5 nitrogen and oxygen atoms in total. The molecule has 2 rings (SSSR count). The lowest BCUT2D eigenvalue weighted by Crippen LogP contribution is -2.14. The molecule has 0 aliphatic rings. The number of nitrogens with one attached hydrogen (secondary N) is 2. The molecule has 1 amide bonds. The summed E-state index contributed by atoms with van der Waals surface area (Å²) in [7, 11) is 0. The Morgan fingerprint density at radius 3 is 3.00 bits per heavy atom. The molecule has 0 aliphatic heterocycles. The van der Waals surface area contributed by atoms with Gasteiger partial charge in [-0.2, -0.15) is 5.10 Å². The number of amides is 1. The second-order valence-corrected chi connectivity index (χ2v) is 3.71. The largest absolute Gasteiger partial charge is 0.396 e. The average Bonchev–Trinajstić information content (AvgIpc) is 2.76. The minimum absolute atomic E-state index is 0.284. The summed E-state index contributed by atoms with van der Waals surface area (Å²) in [4.78, 5) is 11.8. The molecular formula is C12H14N4O. The highest BCUT2D eigenvalue weighted by Crippen LogP contribution is 2.14. The lowest BCUT2D eigenvalue weighted by atomic mass is 10.1. The number of aromatic amines is 1. The van der Waals surface area contributed by atoms with E-state index >= 15 is 0 Å². The zero-order valence-electron chi connectivity index (χ0n) is 9.53. The number of anilines is 2. The van der Waals surface area contributed by atoms with E-state index in [1.165, 1.54) is 11.8 Å². The molecule has 0 bridgehead atoms. The standard InChI is InChI=1S/C12H14N4O/c1-2-8-4-3-5-9(6-8)15-12(17)11-10(13)7-14-16-11/h3-7H,2,13H2,1H3,(H,14,16)(H,15,17). The smallest absolute Gasteiger partial charge is 0.275 e. The maximum absolute atomic E-state index is 11.8. The number of hydrogen-bond acceptors (Lipinski definition) is 3. The summed E-state index contributed by atoms with van der Waals surface area (Å²) in [5.74, 6) is -0.284. The molecule has 2 aromatic rings. The van der Waals surface area contributed by atoms with E-state index in [1.807, 2.05) is 24.3 Å². The first-order chi connectivity index (χ1) is 8.20. The summed E-state index contributed by atoms with van der Waals surface area (Å²) in [5.41, 5.74) is 8.14. The molecule has 0 unspecified atom stereocenters. The maximum atomic E-state index is 11.8. The second-order valence-electron chi connectivity index (χ2n) is 3.71. The summed E-state index contributed by atoms with van der Waals surface area (Å²) in [6, 6.07) is 7.69. The van der Waals surface area contributed by atoms with Crippen LogP contribution in [-0.2, 0) is 6.42 Å². The van der Waals surface area contributed by atoms with Crippen molar-refractivity contribution in [1.82, 2.24) is 10.2 Å². The zero-order valence-corrected chi connectivity index (χ0v) is 9.53. The van der Waals surface area contributed by atoms with Gasteiger partial charge in [0.1, 0.15) is 5.69 Å². The number of nitrogen functional groups attached to an aromatic ring is 1. The topological polar surface area (TPSA) is 83.8 Å². The third kappa shape index (κ3) is 2.44. The Labute approximate surface area is 99.0 Å². The van der Waals surface area contributed by atoms with Gasteiger partial charge in [-0.3, -0.25) is 9.89 Å². The van der Waals surface area contributed by atoms with Crippen molar-refractivity contribution in [3.8, 4) is 0 Å². The first-order valence-electron chi connectivity index (χ1n) is 5.40. The van der Waals surface area contributed by atoms with Crippen LogP contribution in [0.2, 0.25) is 0 Å². The molecule has 0 radical (unpaired) electrons. The quantitative estimate of drug-likeness (QED) is 0.751. The Kier molecular flexibility index (Phi) is 3.09. The molecule has 0 fully saturated rings. The molecule has 5 heteroatoms. The van der Waals surface area contributed by atoms with Crippen LogP contribution < -0.4 is 11.1 Å². The minimum atomic E-state index is -0.284. The van der Waals surface area contributed by atoms with Crippen molar-refractivity contribution in [2.45, 2.75) is 13.3 Å². The van der Waals surface area contributed by atoms with E-state index < -0.39 is 0 Å². The number of aryl methyl sites for hydroxylation is 1. The molecule has 17 heavy (non-hydrogen) atoms. The van der Waals surface area contributed by atoms with Crippen LogP contribution in [0.5, 0.6) is 0 Å². The van der Waals surface area contributed by atoms with Gasteiger partial charge in [-0.05, 0) is 24.1 Å². The van der Waals surface area contributed by atoms with Crippen LogP contribution in [0, 0.1) is 0 Å². The van der Waals surface area contributed by atoms with Gasteiger partial charge in [0.2, 0.25) is 0 Å². The van der Waals surface area contributed by atoms with Gasteiger partial charge in [0.05, 0.1) is 11.9 Å².